The maximum atomic E-state index is 11.8. The van der Waals surface area contributed by atoms with Crippen LogP contribution in [0, 0.1) is 16.0 Å². The number of rotatable bonds is 8. The molecule has 0 aliphatic carbocycles. The first kappa shape index (κ1) is 16.1. The SMILES string of the molecule is CCC(CCO)CNC(=O)Cc1ccccc1[N+](=O)[O-]. The second-order valence-corrected chi connectivity index (χ2v) is 4.65. The highest BCUT2D eigenvalue weighted by Gasteiger charge is 2.16. The van der Waals surface area contributed by atoms with Crippen molar-refractivity contribution < 1.29 is 14.8 Å². The second-order valence-electron chi connectivity index (χ2n) is 4.65. The van der Waals surface area contributed by atoms with Gasteiger partial charge in [-0.3, -0.25) is 14.9 Å². The van der Waals surface area contributed by atoms with Crippen molar-refractivity contribution in [3.8, 4) is 0 Å². The van der Waals surface area contributed by atoms with Gasteiger partial charge in [-0.1, -0.05) is 31.5 Å². The molecule has 1 unspecified atom stereocenters. The van der Waals surface area contributed by atoms with E-state index < -0.39 is 4.92 Å². The number of carbonyl (C=O) groups excluding carboxylic acids is 1. The first-order valence-corrected chi connectivity index (χ1v) is 6.68. The van der Waals surface area contributed by atoms with Crippen LogP contribution in [-0.2, 0) is 11.2 Å². The molecule has 1 aromatic carbocycles. The van der Waals surface area contributed by atoms with Gasteiger partial charge in [-0.25, -0.2) is 0 Å². The summed E-state index contributed by atoms with van der Waals surface area (Å²) in [4.78, 5) is 22.2. The van der Waals surface area contributed by atoms with Crippen molar-refractivity contribution in [1.29, 1.82) is 0 Å². The first-order valence-electron chi connectivity index (χ1n) is 6.68. The summed E-state index contributed by atoms with van der Waals surface area (Å²) in [6, 6.07) is 6.23. The van der Waals surface area contributed by atoms with Crippen molar-refractivity contribution >= 4 is 11.6 Å². The summed E-state index contributed by atoms with van der Waals surface area (Å²) >= 11 is 0. The molecule has 1 rings (SSSR count). The summed E-state index contributed by atoms with van der Waals surface area (Å²) in [5.41, 5.74) is 0.371. The third kappa shape index (κ3) is 4.97. The van der Waals surface area contributed by atoms with Crippen LogP contribution < -0.4 is 5.32 Å². The van der Waals surface area contributed by atoms with Gasteiger partial charge in [0.2, 0.25) is 5.91 Å². The fourth-order valence-corrected chi connectivity index (χ4v) is 1.97. The standard InChI is InChI=1S/C14H20N2O4/c1-2-11(7-8-17)10-15-14(18)9-12-5-3-4-6-13(12)16(19)20/h3-6,11,17H,2,7-10H2,1H3,(H,15,18). The number of benzene rings is 1. The Balaban J connectivity index is 2.56. The van der Waals surface area contributed by atoms with Crippen molar-refractivity contribution in [2.75, 3.05) is 13.2 Å². The number of carbonyl (C=O) groups is 1. The van der Waals surface area contributed by atoms with Gasteiger partial charge in [0.05, 0.1) is 11.3 Å². The molecule has 2 N–H and O–H groups in total. The van der Waals surface area contributed by atoms with E-state index in [0.29, 0.717) is 18.5 Å². The monoisotopic (exact) mass is 280 g/mol. The van der Waals surface area contributed by atoms with Gasteiger partial charge in [-0.2, -0.15) is 0 Å². The largest absolute Gasteiger partial charge is 0.396 e. The lowest BCUT2D eigenvalue weighted by Crippen LogP contribution is -2.30. The van der Waals surface area contributed by atoms with Crippen LogP contribution in [0.5, 0.6) is 0 Å². The summed E-state index contributed by atoms with van der Waals surface area (Å²) in [5.74, 6) is -0.00889. The van der Waals surface area contributed by atoms with E-state index in [4.69, 9.17) is 5.11 Å². The predicted octanol–water partition coefficient (Wildman–Crippen LogP) is 1.66. The molecule has 6 nitrogen and oxygen atoms in total. The Morgan fingerprint density at radius 2 is 2.15 bits per heavy atom. The number of aliphatic hydroxyl groups excluding tert-OH is 1. The van der Waals surface area contributed by atoms with Gasteiger partial charge in [0, 0.05) is 24.8 Å². The van der Waals surface area contributed by atoms with Crippen LogP contribution in [0.4, 0.5) is 5.69 Å². The Bertz CT molecular complexity index is 462. The highest BCUT2D eigenvalue weighted by molar-refractivity contribution is 5.79. The van der Waals surface area contributed by atoms with E-state index >= 15 is 0 Å². The molecule has 0 aliphatic heterocycles. The van der Waals surface area contributed by atoms with Gasteiger partial charge in [0.25, 0.3) is 5.69 Å². The number of hydrogen-bond acceptors (Lipinski definition) is 4. The molecule has 0 saturated heterocycles. The Kier molecular flexibility index (Phi) is 6.66. The Labute approximate surface area is 118 Å². The van der Waals surface area contributed by atoms with E-state index in [1.54, 1.807) is 18.2 Å². The van der Waals surface area contributed by atoms with Crippen LogP contribution >= 0.6 is 0 Å². The molecule has 1 aromatic rings. The highest BCUT2D eigenvalue weighted by atomic mass is 16.6. The number of para-hydroxylation sites is 1. The van der Waals surface area contributed by atoms with Crippen LogP contribution in [-0.4, -0.2) is 29.1 Å². The highest BCUT2D eigenvalue weighted by Crippen LogP contribution is 2.18. The summed E-state index contributed by atoms with van der Waals surface area (Å²) in [5, 5.41) is 22.5. The first-order chi connectivity index (χ1) is 9.58. The summed E-state index contributed by atoms with van der Waals surface area (Å²) < 4.78 is 0. The lowest BCUT2D eigenvalue weighted by molar-refractivity contribution is -0.385. The molecule has 0 aromatic heterocycles. The van der Waals surface area contributed by atoms with E-state index in [1.807, 2.05) is 6.92 Å². The molecule has 0 saturated carbocycles. The van der Waals surface area contributed by atoms with E-state index in [0.717, 1.165) is 6.42 Å². The molecule has 0 radical (unpaired) electrons. The predicted molar refractivity (Wildman–Crippen MR) is 75.3 cm³/mol. The number of nitro groups is 1. The number of aliphatic hydroxyl groups is 1. The average molecular weight is 280 g/mol. The van der Waals surface area contributed by atoms with Crippen molar-refractivity contribution in [1.82, 2.24) is 5.32 Å². The van der Waals surface area contributed by atoms with Gasteiger partial charge < -0.3 is 10.4 Å². The Morgan fingerprint density at radius 1 is 1.45 bits per heavy atom. The van der Waals surface area contributed by atoms with Crippen LogP contribution in [0.3, 0.4) is 0 Å². The molecule has 0 aliphatic rings. The van der Waals surface area contributed by atoms with Gasteiger partial charge in [0.1, 0.15) is 0 Å². The van der Waals surface area contributed by atoms with E-state index in [-0.39, 0.29) is 30.5 Å². The van der Waals surface area contributed by atoms with Crippen LogP contribution in [0.1, 0.15) is 25.3 Å². The van der Waals surface area contributed by atoms with Gasteiger partial charge in [-0.05, 0) is 12.3 Å². The minimum Gasteiger partial charge on any atom is -0.396 e. The Morgan fingerprint density at radius 3 is 2.75 bits per heavy atom. The lowest BCUT2D eigenvalue weighted by atomic mass is 10.0. The fourth-order valence-electron chi connectivity index (χ4n) is 1.97. The van der Waals surface area contributed by atoms with E-state index in [1.165, 1.54) is 6.07 Å². The van der Waals surface area contributed by atoms with E-state index in [9.17, 15) is 14.9 Å². The number of nitrogens with zero attached hydrogens (tertiary/aromatic N) is 1. The van der Waals surface area contributed by atoms with Crippen LogP contribution in [0.15, 0.2) is 24.3 Å². The second kappa shape index (κ2) is 8.27. The average Bonchev–Trinajstić information content (AvgIpc) is 2.43. The van der Waals surface area contributed by atoms with Gasteiger partial charge >= 0.3 is 0 Å². The van der Waals surface area contributed by atoms with Crippen molar-refractivity contribution in [2.24, 2.45) is 5.92 Å². The summed E-state index contributed by atoms with van der Waals surface area (Å²) in [6.45, 7) is 2.57. The topological polar surface area (TPSA) is 92.5 Å². The minimum absolute atomic E-state index is 0.00723. The molecule has 0 bridgehead atoms. The zero-order chi connectivity index (χ0) is 15.0. The zero-order valence-corrected chi connectivity index (χ0v) is 11.5. The normalized spacial score (nSPS) is 11.9. The molecule has 0 spiro atoms. The molecule has 1 amide bonds. The fraction of sp³-hybridized carbons (Fsp3) is 0.500. The van der Waals surface area contributed by atoms with Crippen molar-refractivity contribution in [3.05, 3.63) is 39.9 Å². The maximum absolute atomic E-state index is 11.8. The Hall–Kier alpha value is -1.95. The van der Waals surface area contributed by atoms with Crippen LogP contribution in [0.25, 0.3) is 0 Å². The maximum Gasteiger partial charge on any atom is 0.273 e. The molecular formula is C14H20N2O4. The third-order valence-electron chi connectivity index (χ3n) is 3.24. The molecule has 20 heavy (non-hydrogen) atoms. The summed E-state index contributed by atoms with van der Waals surface area (Å²) in [6.07, 6.45) is 1.50. The van der Waals surface area contributed by atoms with Gasteiger partial charge in [-0.15, -0.1) is 0 Å². The number of nitrogens with one attached hydrogen (secondary N) is 1. The summed E-state index contributed by atoms with van der Waals surface area (Å²) in [7, 11) is 0. The van der Waals surface area contributed by atoms with Crippen molar-refractivity contribution in [3.63, 3.8) is 0 Å². The van der Waals surface area contributed by atoms with E-state index in [2.05, 4.69) is 5.32 Å². The molecular weight excluding hydrogens is 260 g/mol. The van der Waals surface area contributed by atoms with Crippen molar-refractivity contribution in [2.45, 2.75) is 26.2 Å². The third-order valence-corrected chi connectivity index (χ3v) is 3.24. The smallest absolute Gasteiger partial charge is 0.273 e. The van der Waals surface area contributed by atoms with Gasteiger partial charge in [0.15, 0.2) is 0 Å². The molecule has 0 fully saturated rings. The number of nitro benzene ring substituents is 1. The molecule has 1 atom stereocenters. The minimum atomic E-state index is -0.483. The number of hydrogen-bond donors (Lipinski definition) is 2. The van der Waals surface area contributed by atoms with Crippen LogP contribution in [0.2, 0.25) is 0 Å². The molecule has 110 valence electrons. The molecule has 6 heteroatoms. The molecule has 0 heterocycles. The zero-order valence-electron chi connectivity index (χ0n) is 11.5. The quantitative estimate of drug-likeness (QED) is 0.559. The lowest BCUT2D eigenvalue weighted by Gasteiger charge is -2.14. The number of amides is 1.